The fraction of sp³-hybridized carbons (Fsp3) is 0.571. The van der Waals surface area contributed by atoms with Gasteiger partial charge in [0.05, 0.1) is 16.9 Å². The Labute approximate surface area is 127 Å². The van der Waals surface area contributed by atoms with Crippen LogP contribution in [0.1, 0.15) is 34.3 Å². The van der Waals surface area contributed by atoms with E-state index >= 15 is 0 Å². The number of carbonyl (C=O) groups excluding carboxylic acids is 1. The first kappa shape index (κ1) is 14.2. The smallest absolute Gasteiger partial charge is 0.244 e. The molecule has 2 heterocycles. The van der Waals surface area contributed by atoms with Gasteiger partial charge in [-0.15, -0.1) is 16.4 Å². The Morgan fingerprint density at radius 3 is 3.19 bits per heavy atom. The molecule has 0 fully saturated rings. The molecule has 2 aromatic rings. The van der Waals surface area contributed by atoms with Gasteiger partial charge in [-0.1, -0.05) is 5.21 Å². The minimum absolute atomic E-state index is 0.0552. The van der Waals surface area contributed by atoms with E-state index in [1.54, 1.807) is 33.3 Å². The van der Waals surface area contributed by atoms with Gasteiger partial charge in [-0.05, 0) is 26.2 Å². The van der Waals surface area contributed by atoms with Crippen molar-refractivity contribution in [2.24, 2.45) is 0 Å². The molecule has 0 spiro atoms. The average molecular weight is 305 g/mol. The van der Waals surface area contributed by atoms with Gasteiger partial charge < -0.3 is 4.90 Å². The highest BCUT2D eigenvalue weighted by atomic mass is 32.1. The second-order valence-electron chi connectivity index (χ2n) is 5.51. The van der Waals surface area contributed by atoms with Gasteiger partial charge in [-0.2, -0.15) is 0 Å². The Hall–Kier alpha value is -1.76. The third kappa shape index (κ3) is 3.12. The van der Waals surface area contributed by atoms with Crippen molar-refractivity contribution in [3.05, 3.63) is 28.0 Å². The van der Waals surface area contributed by atoms with Gasteiger partial charge in [0.1, 0.15) is 6.54 Å². The van der Waals surface area contributed by atoms with Crippen LogP contribution in [-0.2, 0) is 17.8 Å². The summed E-state index contributed by atoms with van der Waals surface area (Å²) in [5, 5.41) is 8.68. The molecule has 3 rings (SSSR count). The monoisotopic (exact) mass is 305 g/mol. The fourth-order valence-electron chi connectivity index (χ4n) is 2.82. The van der Waals surface area contributed by atoms with Crippen LogP contribution < -0.4 is 0 Å². The van der Waals surface area contributed by atoms with E-state index in [0.717, 1.165) is 24.4 Å². The van der Waals surface area contributed by atoms with Crippen molar-refractivity contribution >= 4 is 17.2 Å². The van der Waals surface area contributed by atoms with E-state index in [0.29, 0.717) is 5.92 Å². The van der Waals surface area contributed by atoms with Crippen molar-refractivity contribution in [1.82, 2.24) is 24.9 Å². The molecule has 112 valence electrons. The summed E-state index contributed by atoms with van der Waals surface area (Å²) in [6.07, 6.45) is 6.71. The van der Waals surface area contributed by atoms with Crippen LogP contribution in [0, 0.1) is 6.92 Å². The Kier molecular flexibility index (Phi) is 4.01. The summed E-state index contributed by atoms with van der Waals surface area (Å²) >= 11 is 1.80. The van der Waals surface area contributed by atoms with E-state index in [9.17, 15) is 4.79 Å². The Morgan fingerprint density at radius 1 is 1.57 bits per heavy atom. The summed E-state index contributed by atoms with van der Waals surface area (Å²) < 4.78 is 1.55. The zero-order chi connectivity index (χ0) is 14.8. The summed E-state index contributed by atoms with van der Waals surface area (Å²) in [4.78, 5) is 20.1. The minimum Gasteiger partial charge on any atom is -0.343 e. The molecule has 0 unspecified atom stereocenters. The third-order valence-corrected chi connectivity index (χ3v) is 4.91. The van der Waals surface area contributed by atoms with Gasteiger partial charge in [0, 0.05) is 30.6 Å². The standard InChI is InChI=1S/C14H19N5OS/c1-10-16-14-11(4-3-5-12(14)21-10)8-18(2)13(20)9-19-7-6-15-17-19/h6-7,11H,3-5,8-9H2,1-2H3/t11-/m1/s1. The van der Waals surface area contributed by atoms with Crippen LogP contribution in [0.3, 0.4) is 0 Å². The van der Waals surface area contributed by atoms with Crippen molar-refractivity contribution in [2.45, 2.75) is 38.6 Å². The first-order valence-electron chi connectivity index (χ1n) is 7.17. The fourth-order valence-corrected chi connectivity index (χ4v) is 3.88. The number of aromatic nitrogens is 4. The van der Waals surface area contributed by atoms with E-state index in [1.165, 1.54) is 17.0 Å². The molecule has 21 heavy (non-hydrogen) atoms. The Balaban J connectivity index is 1.65. The molecule has 0 radical (unpaired) electrons. The molecule has 1 amide bonds. The van der Waals surface area contributed by atoms with Crippen LogP contribution in [-0.4, -0.2) is 44.4 Å². The van der Waals surface area contributed by atoms with E-state index in [2.05, 4.69) is 22.2 Å². The number of amides is 1. The van der Waals surface area contributed by atoms with Crippen molar-refractivity contribution in [3.8, 4) is 0 Å². The zero-order valence-corrected chi connectivity index (χ0v) is 13.1. The van der Waals surface area contributed by atoms with Crippen LogP contribution >= 0.6 is 11.3 Å². The lowest BCUT2D eigenvalue weighted by Crippen LogP contribution is -2.34. The molecule has 7 heteroatoms. The number of hydrogen-bond donors (Lipinski definition) is 0. The summed E-state index contributed by atoms with van der Waals surface area (Å²) in [6.45, 7) is 3.02. The normalized spacial score (nSPS) is 17.5. The first-order chi connectivity index (χ1) is 10.1. The number of rotatable bonds is 4. The van der Waals surface area contributed by atoms with Crippen molar-refractivity contribution in [3.63, 3.8) is 0 Å². The molecule has 0 saturated heterocycles. The number of fused-ring (bicyclic) bond motifs is 1. The van der Waals surface area contributed by atoms with E-state index in [4.69, 9.17) is 0 Å². The lowest BCUT2D eigenvalue weighted by Gasteiger charge is -2.26. The van der Waals surface area contributed by atoms with Crippen LogP contribution in [0.15, 0.2) is 12.4 Å². The summed E-state index contributed by atoms with van der Waals surface area (Å²) in [6, 6.07) is 0. The maximum atomic E-state index is 12.2. The third-order valence-electron chi connectivity index (χ3n) is 3.87. The van der Waals surface area contributed by atoms with Gasteiger partial charge in [0.25, 0.3) is 0 Å². The SMILES string of the molecule is Cc1nc2c(s1)CCC[C@@H]2CN(C)C(=O)Cn1ccnn1. The second-order valence-corrected chi connectivity index (χ2v) is 6.79. The van der Waals surface area contributed by atoms with Crippen LogP contribution in [0.4, 0.5) is 0 Å². The summed E-state index contributed by atoms with van der Waals surface area (Å²) in [7, 11) is 1.85. The quantitative estimate of drug-likeness (QED) is 0.861. The lowest BCUT2D eigenvalue weighted by atomic mass is 9.90. The first-order valence-corrected chi connectivity index (χ1v) is 7.99. The molecule has 0 aliphatic heterocycles. The number of carbonyl (C=O) groups is 1. The molecule has 1 aliphatic rings. The van der Waals surface area contributed by atoms with Crippen LogP contribution in [0.2, 0.25) is 0 Å². The molecule has 0 N–H and O–H groups in total. The molecule has 1 atom stereocenters. The molecular formula is C14H19N5OS. The highest BCUT2D eigenvalue weighted by Crippen LogP contribution is 2.34. The molecular weight excluding hydrogens is 286 g/mol. The van der Waals surface area contributed by atoms with Gasteiger partial charge >= 0.3 is 0 Å². The highest BCUT2D eigenvalue weighted by molar-refractivity contribution is 7.11. The highest BCUT2D eigenvalue weighted by Gasteiger charge is 2.26. The largest absolute Gasteiger partial charge is 0.343 e. The summed E-state index contributed by atoms with van der Waals surface area (Å²) in [5.74, 6) is 0.419. The topological polar surface area (TPSA) is 63.9 Å². The average Bonchev–Trinajstić information content (AvgIpc) is 3.07. The maximum absolute atomic E-state index is 12.2. The number of aryl methyl sites for hydroxylation is 2. The Morgan fingerprint density at radius 2 is 2.43 bits per heavy atom. The minimum atomic E-state index is 0.0552. The maximum Gasteiger partial charge on any atom is 0.244 e. The van der Waals surface area contributed by atoms with Crippen molar-refractivity contribution < 1.29 is 4.79 Å². The van der Waals surface area contributed by atoms with Crippen molar-refractivity contribution in [1.29, 1.82) is 0 Å². The van der Waals surface area contributed by atoms with Crippen LogP contribution in [0.25, 0.3) is 0 Å². The second kappa shape index (κ2) is 5.93. The Bertz CT molecular complexity index is 621. The van der Waals surface area contributed by atoms with Crippen molar-refractivity contribution in [2.75, 3.05) is 13.6 Å². The van der Waals surface area contributed by atoms with Gasteiger partial charge in [-0.3, -0.25) is 4.79 Å². The molecule has 2 aromatic heterocycles. The van der Waals surface area contributed by atoms with E-state index in [-0.39, 0.29) is 12.5 Å². The van der Waals surface area contributed by atoms with Gasteiger partial charge in [-0.25, -0.2) is 9.67 Å². The molecule has 0 bridgehead atoms. The number of hydrogen-bond acceptors (Lipinski definition) is 5. The number of nitrogens with zero attached hydrogens (tertiary/aromatic N) is 5. The van der Waals surface area contributed by atoms with E-state index in [1.807, 2.05) is 7.05 Å². The molecule has 6 nitrogen and oxygen atoms in total. The predicted molar refractivity (Wildman–Crippen MR) is 80.2 cm³/mol. The van der Waals surface area contributed by atoms with Gasteiger partial charge in [0.2, 0.25) is 5.91 Å². The molecule has 0 aromatic carbocycles. The van der Waals surface area contributed by atoms with E-state index < -0.39 is 0 Å². The zero-order valence-electron chi connectivity index (χ0n) is 12.3. The number of likely N-dealkylation sites (N-methyl/N-ethyl adjacent to an activating group) is 1. The number of thiazole rings is 1. The van der Waals surface area contributed by atoms with Gasteiger partial charge in [0.15, 0.2) is 0 Å². The van der Waals surface area contributed by atoms with Crippen LogP contribution in [0.5, 0.6) is 0 Å². The molecule has 0 saturated carbocycles. The summed E-state index contributed by atoms with van der Waals surface area (Å²) in [5.41, 5.74) is 1.21. The molecule has 1 aliphatic carbocycles. The predicted octanol–water partition coefficient (Wildman–Crippen LogP) is 1.62. The lowest BCUT2D eigenvalue weighted by molar-refractivity contribution is -0.131.